The smallest absolute Gasteiger partial charge is 0.229 e. The van der Waals surface area contributed by atoms with E-state index >= 15 is 0 Å². The minimum absolute atomic E-state index is 0.111. The number of amides is 1. The summed E-state index contributed by atoms with van der Waals surface area (Å²) in [5.41, 5.74) is 2.15. The van der Waals surface area contributed by atoms with Crippen molar-refractivity contribution in [2.75, 3.05) is 27.9 Å². The van der Waals surface area contributed by atoms with E-state index in [0.717, 1.165) is 5.56 Å². The number of hydrogen-bond donors (Lipinski definition) is 5. The van der Waals surface area contributed by atoms with Gasteiger partial charge in [0.2, 0.25) is 23.4 Å². The summed E-state index contributed by atoms with van der Waals surface area (Å²) in [5, 5.41) is 43.3. The Bertz CT molecular complexity index is 1280. The van der Waals surface area contributed by atoms with Crippen LogP contribution in [0.4, 0.5) is 0 Å². The number of fused-ring (bicyclic) bond motifs is 3. The van der Waals surface area contributed by atoms with Crippen LogP contribution in [0.2, 0.25) is 0 Å². The fourth-order valence-electron chi connectivity index (χ4n) is 5.09. The molecule has 0 saturated carbocycles. The zero-order valence-electron chi connectivity index (χ0n) is 22.0. The van der Waals surface area contributed by atoms with E-state index in [0.29, 0.717) is 29.5 Å². The number of ether oxygens (including phenoxy) is 5. The fraction of sp³-hybridized carbons (Fsp3) is 0.481. The van der Waals surface area contributed by atoms with Gasteiger partial charge in [-0.3, -0.25) is 9.59 Å². The highest BCUT2D eigenvalue weighted by Crippen LogP contribution is 2.50. The van der Waals surface area contributed by atoms with E-state index in [4.69, 9.17) is 23.7 Å². The fourth-order valence-corrected chi connectivity index (χ4v) is 5.09. The summed E-state index contributed by atoms with van der Waals surface area (Å²) in [4.78, 5) is 24.9. The van der Waals surface area contributed by atoms with Crippen LogP contribution in [-0.4, -0.2) is 85.0 Å². The molecule has 5 N–H and O–H groups in total. The monoisotopic (exact) mass is 547 g/mol. The van der Waals surface area contributed by atoms with Gasteiger partial charge in [-0.15, -0.1) is 0 Å². The Morgan fingerprint density at radius 2 is 1.72 bits per heavy atom. The first kappa shape index (κ1) is 28.6. The van der Waals surface area contributed by atoms with Crippen molar-refractivity contribution in [3.63, 3.8) is 0 Å². The normalized spacial score (nSPS) is 25.9. The zero-order chi connectivity index (χ0) is 28.4. The van der Waals surface area contributed by atoms with Crippen LogP contribution in [0.5, 0.6) is 23.0 Å². The van der Waals surface area contributed by atoms with Crippen molar-refractivity contribution < 1.29 is 48.9 Å². The Morgan fingerprint density at radius 3 is 2.33 bits per heavy atom. The maximum absolute atomic E-state index is 12.9. The van der Waals surface area contributed by atoms with Gasteiger partial charge in [-0.25, -0.2) is 0 Å². The van der Waals surface area contributed by atoms with E-state index in [1.54, 1.807) is 18.2 Å². The van der Waals surface area contributed by atoms with Gasteiger partial charge in [0.15, 0.2) is 17.2 Å². The molecule has 1 heterocycles. The molecular weight excluding hydrogens is 514 g/mol. The van der Waals surface area contributed by atoms with Crippen LogP contribution < -0.4 is 29.7 Å². The predicted octanol–water partition coefficient (Wildman–Crippen LogP) is 0.0417. The highest BCUT2D eigenvalue weighted by Gasteiger charge is 2.45. The lowest BCUT2D eigenvalue weighted by Crippen LogP contribution is -2.60. The zero-order valence-corrected chi connectivity index (χ0v) is 22.0. The Hall–Kier alpha value is -3.42. The van der Waals surface area contributed by atoms with E-state index < -0.39 is 43.4 Å². The molecule has 2 aliphatic rings. The highest BCUT2D eigenvalue weighted by molar-refractivity contribution is 5.83. The largest absolute Gasteiger partial charge is 0.493 e. The summed E-state index contributed by atoms with van der Waals surface area (Å²) < 4.78 is 28.1. The first-order chi connectivity index (χ1) is 18.6. The van der Waals surface area contributed by atoms with Crippen LogP contribution in [0.25, 0.3) is 11.1 Å². The van der Waals surface area contributed by atoms with Crippen molar-refractivity contribution in [2.45, 2.75) is 56.5 Å². The van der Waals surface area contributed by atoms with Gasteiger partial charge >= 0.3 is 0 Å². The number of hydrogen-bond acceptors (Lipinski definition) is 11. The molecule has 1 aliphatic heterocycles. The van der Waals surface area contributed by atoms with Gasteiger partial charge in [0, 0.05) is 12.5 Å². The Balaban J connectivity index is 1.89. The molecule has 1 aliphatic carbocycles. The molecular formula is C27H33NO11. The Labute approximate surface area is 224 Å². The van der Waals surface area contributed by atoms with Gasteiger partial charge in [-0.05, 0) is 47.7 Å². The third-order valence-corrected chi connectivity index (χ3v) is 6.97. The van der Waals surface area contributed by atoms with Crippen LogP contribution in [0.1, 0.15) is 30.5 Å². The van der Waals surface area contributed by atoms with Crippen LogP contribution in [0.15, 0.2) is 29.1 Å². The molecule has 0 bridgehead atoms. The molecule has 6 atom stereocenters. The minimum atomic E-state index is -1.64. The number of benzene rings is 1. The van der Waals surface area contributed by atoms with E-state index in [1.807, 2.05) is 0 Å². The molecule has 39 heavy (non-hydrogen) atoms. The molecule has 6 unspecified atom stereocenters. The van der Waals surface area contributed by atoms with Crippen LogP contribution in [-0.2, 0) is 16.0 Å². The van der Waals surface area contributed by atoms with Gasteiger partial charge in [0.25, 0.3) is 0 Å². The lowest BCUT2D eigenvalue weighted by molar-refractivity contribution is -0.277. The molecule has 1 fully saturated rings. The van der Waals surface area contributed by atoms with E-state index in [1.165, 1.54) is 34.3 Å². The third-order valence-electron chi connectivity index (χ3n) is 6.97. The quantitative estimate of drug-likeness (QED) is 0.317. The second-order valence-electron chi connectivity index (χ2n) is 9.36. The number of aliphatic hydroxyl groups excluding tert-OH is 4. The highest BCUT2D eigenvalue weighted by atomic mass is 16.7. The van der Waals surface area contributed by atoms with Crippen molar-refractivity contribution in [3.8, 4) is 34.1 Å². The maximum Gasteiger partial charge on any atom is 0.229 e. The van der Waals surface area contributed by atoms with Crippen LogP contribution >= 0.6 is 0 Å². The van der Waals surface area contributed by atoms with Crippen molar-refractivity contribution >= 4 is 5.91 Å². The Morgan fingerprint density at radius 1 is 1.00 bits per heavy atom. The van der Waals surface area contributed by atoms with Crippen LogP contribution in [0.3, 0.4) is 0 Å². The Kier molecular flexibility index (Phi) is 8.62. The summed E-state index contributed by atoms with van der Waals surface area (Å²) in [6.07, 6.45) is -6.56. The molecule has 1 saturated heterocycles. The van der Waals surface area contributed by atoms with Gasteiger partial charge in [-0.2, -0.15) is 0 Å². The first-order valence-electron chi connectivity index (χ1n) is 12.4. The van der Waals surface area contributed by atoms with Gasteiger partial charge in [0.05, 0.1) is 34.0 Å². The summed E-state index contributed by atoms with van der Waals surface area (Å²) in [6, 6.07) is 5.87. The molecule has 0 radical (unpaired) electrons. The van der Waals surface area contributed by atoms with Gasteiger partial charge in [-0.1, -0.05) is 6.07 Å². The van der Waals surface area contributed by atoms with Crippen molar-refractivity contribution in [1.82, 2.24) is 5.32 Å². The number of carbonyl (C=O) groups is 1. The number of nitrogens with one attached hydrogen (secondary N) is 1. The molecule has 0 spiro atoms. The topological polar surface area (TPSA) is 173 Å². The first-order valence-corrected chi connectivity index (χ1v) is 12.4. The number of rotatable bonds is 7. The number of methoxy groups -OCH3 is 3. The second-order valence-corrected chi connectivity index (χ2v) is 9.36. The lowest BCUT2D eigenvalue weighted by Gasteiger charge is -2.39. The number of carbonyl (C=O) groups excluding carboxylic acids is 1. The molecule has 2 aromatic rings. The van der Waals surface area contributed by atoms with Crippen LogP contribution in [0, 0.1) is 0 Å². The number of aryl methyl sites for hydroxylation is 1. The SMILES string of the molecule is COc1c(OC2OC(CO)C(O)C(O)C2O)cc2c(c1OC)-c1ccc(OC)c(=O)cc1C(NC(C)=O)CC2. The van der Waals surface area contributed by atoms with E-state index in [2.05, 4.69) is 5.32 Å². The van der Waals surface area contributed by atoms with Gasteiger partial charge < -0.3 is 49.4 Å². The molecule has 2 aromatic carbocycles. The van der Waals surface area contributed by atoms with Crippen molar-refractivity contribution in [1.29, 1.82) is 0 Å². The average molecular weight is 548 g/mol. The summed E-state index contributed by atoms with van der Waals surface area (Å²) in [5.74, 6) is 0.368. The molecule has 4 rings (SSSR count). The van der Waals surface area contributed by atoms with Gasteiger partial charge in [0.1, 0.15) is 24.4 Å². The second kappa shape index (κ2) is 11.8. The molecule has 1 amide bonds. The summed E-state index contributed by atoms with van der Waals surface area (Å²) in [7, 11) is 4.23. The standard InChI is InChI=1S/C27H33NO11/c1-12(30)28-16-7-5-13-9-19(38-27-24(34)23(33)22(32)20(11-29)39-27)25(36-3)26(37-4)21(13)14-6-8-18(35-2)17(31)10-15(14)16/h6,8-10,16,20,22-24,27,29,32-34H,5,7,11H2,1-4H3,(H,28,30). The number of aliphatic hydroxyl groups is 4. The molecule has 12 nitrogen and oxygen atoms in total. The van der Waals surface area contributed by atoms with Crippen molar-refractivity contribution in [3.05, 3.63) is 45.6 Å². The molecule has 212 valence electrons. The molecule has 12 heteroatoms. The van der Waals surface area contributed by atoms with Crippen molar-refractivity contribution in [2.24, 2.45) is 0 Å². The summed E-state index contributed by atoms with van der Waals surface area (Å²) in [6.45, 7) is 0.786. The van der Waals surface area contributed by atoms with E-state index in [-0.39, 0.29) is 34.3 Å². The molecule has 0 aromatic heterocycles. The maximum atomic E-state index is 12.9. The minimum Gasteiger partial charge on any atom is -0.493 e. The summed E-state index contributed by atoms with van der Waals surface area (Å²) >= 11 is 0. The third kappa shape index (κ3) is 5.38. The average Bonchev–Trinajstić information content (AvgIpc) is 3.16. The lowest BCUT2D eigenvalue weighted by atomic mass is 9.95. The van der Waals surface area contributed by atoms with E-state index in [9.17, 15) is 30.0 Å². The predicted molar refractivity (Wildman–Crippen MR) is 137 cm³/mol.